The molecule has 5 nitrogen and oxygen atoms in total. The van der Waals surface area contributed by atoms with E-state index >= 15 is 0 Å². The third-order valence-corrected chi connectivity index (χ3v) is 3.76. The van der Waals surface area contributed by atoms with Gasteiger partial charge in [0.25, 0.3) is 0 Å². The highest BCUT2D eigenvalue weighted by Gasteiger charge is 2.24. The van der Waals surface area contributed by atoms with Gasteiger partial charge < -0.3 is 10.5 Å². The molecular formula is C13H24N4O. The van der Waals surface area contributed by atoms with E-state index in [-0.39, 0.29) is 12.1 Å². The van der Waals surface area contributed by atoms with Crippen LogP contribution in [0.1, 0.15) is 19.0 Å². The van der Waals surface area contributed by atoms with Crippen molar-refractivity contribution in [1.82, 2.24) is 14.7 Å². The number of aromatic nitrogens is 2. The van der Waals surface area contributed by atoms with Crippen molar-refractivity contribution in [2.75, 3.05) is 26.2 Å². The Bertz CT molecular complexity index is 366. The van der Waals surface area contributed by atoms with Gasteiger partial charge in [-0.15, -0.1) is 0 Å². The maximum absolute atomic E-state index is 6.25. The largest absolute Gasteiger partial charge is 0.374 e. The van der Waals surface area contributed by atoms with Gasteiger partial charge in [0.15, 0.2) is 0 Å². The Morgan fingerprint density at radius 3 is 3.11 bits per heavy atom. The van der Waals surface area contributed by atoms with E-state index < -0.39 is 0 Å². The summed E-state index contributed by atoms with van der Waals surface area (Å²) in [6, 6.07) is 2.15. The fourth-order valence-electron chi connectivity index (χ4n) is 2.42. The van der Waals surface area contributed by atoms with Crippen LogP contribution in [-0.4, -0.2) is 53.1 Å². The maximum Gasteiger partial charge on any atom is 0.0853 e. The van der Waals surface area contributed by atoms with E-state index in [1.807, 2.05) is 24.0 Å². The van der Waals surface area contributed by atoms with E-state index in [2.05, 4.69) is 16.9 Å². The lowest BCUT2D eigenvalue weighted by Crippen LogP contribution is -2.50. The Morgan fingerprint density at radius 1 is 1.61 bits per heavy atom. The Hall–Kier alpha value is -0.910. The van der Waals surface area contributed by atoms with Gasteiger partial charge in [-0.1, -0.05) is 6.92 Å². The minimum atomic E-state index is 0.106. The van der Waals surface area contributed by atoms with Crippen LogP contribution in [0.2, 0.25) is 0 Å². The van der Waals surface area contributed by atoms with E-state index in [0.717, 1.165) is 39.1 Å². The van der Waals surface area contributed by atoms with Crippen molar-refractivity contribution in [2.45, 2.75) is 31.9 Å². The number of nitrogens with two attached hydrogens (primary N) is 1. The maximum atomic E-state index is 6.25. The second-order valence-corrected chi connectivity index (χ2v) is 4.95. The first kappa shape index (κ1) is 13.5. The number of rotatable bonds is 5. The number of nitrogens with zero attached hydrogens (tertiary/aromatic N) is 3. The summed E-state index contributed by atoms with van der Waals surface area (Å²) in [6.45, 7) is 6.06. The second-order valence-electron chi connectivity index (χ2n) is 4.95. The normalized spacial score (nSPS) is 23.2. The molecule has 0 saturated carbocycles. The Balaban J connectivity index is 1.80. The number of hydrogen-bond donors (Lipinski definition) is 1. The average molecular weight is 252 g/mol. The van der Waals surface area contributed by atoms with Gasteiger partial charge in [-0.25, -0.2) is 0 Å². The molecule has 0 radical (unpaired) electrons. The highest BCUT2D eigenvalue weighted by molar-refractivity contribution is 5.00. The summed E-state index contributed by atoms with van der Waals surface area (Å²) in [5.41, 5.74) is 7.48. The van der Waals surface area contributed by atoms with Crippen molar-refractivity contribution in [2.24, 2.45) is 12.8 Å². The minimum Gasteiger partial charge on any atom is -0.374 e. The zero-order chi connectivity index (χ0) is 13.0. The van der Waals surface area contributed by atoms with Crippen LogP contribution in [0.3, 0.4) is 0 Å². The summed E-state index contributed by atoms with van der Waals surface area (Å²) < 4.78 is 7.69. The molecule has 0 aromatic carbocycles. The van der Waals surface area contributed by atoms with Crippen LogP contribution in [0.15, 0.2) is 12.3 Å². The molecule has 0 aliphatic carbocycles. The van der Waals surface area contributed by atoms with Gasteiger partial charge in [-0.3, -0.25) is 9.58 Å². The Kier molecular flexibility index (Phi) is 4.74. The van der Waals surface area contributed by atoms with E-state index in [1.54, 1.807) is 0 Å². The molecule has 0 spiro atoms. The van der Waals surface area contributed by atoms with E-state index in [0.29, 0.717) is 0 Å². The molecule has 0 amide bonds. The summed E-state index contributed by atoms with van der Waals surface area (Å²) >= 11 is 0. The van der Waals surface area contributed by atoms with Crippen LogP contribution in [-0.2, 0) is 18.2 Å². The smallest absolute Gasteiger partial charge is 0.0853 e. The molecule has 2 unspecified atom stereocenters. The molecule has 1 fully saturated rings. The van der Waals surface area contributed by atoms with Crippen LogP contribution in [0.4, 0.5) is 0 Å². The van der Waals surface area contributed by atoms with E-state index in [9.17, 15) is 0 Å². The van der Waals surface area contributed by atoms with Crippen molar-refractivity contribution < 1.29 is 4.74 Å². The van der Waals surface area contributed by atoms with Crippen molar-refractivity contribution >= 4 is 0 Å². The van der Waals surface area contributed by atoms with Crippen LogP contribution < -0.4 is 5.73 Å². The standard InChI is InChI=1S/C13H24N4O/c1-3-17-8-9-18-13(10-17)12(14)5-4-11-6-7-15-16(11)2/h6-7,12-13H,3-5,8-10,14H2,1-2H3. The lowest BCUT2D eigenvalue weighted by Gasteiger charge is -2.35. The molecule has 2 heterocycles. The molecule has 102 valence electrons. The molecular weight excluding hydrogens is 228 g/mol. The van der Waals surface area contributed by atoms with Gasteiger partial charge in [0, 0.05) is 38.1 Å². The number of aryl methyl sites for hydroxylation is 2. The molecule has 2 N–H and O–H groups in total. The average Bonchev–Trinajstić information content (AvgIpc) is 2.81. The zero-order valence-electron chi connectivity index (χ0n) is 11.4. The fourth-order valence-corrected chi connectivity index (χ4v) is 2.42. The molecule has 2 atom stereocenters. The SMILES string of the molecule is CCN1CCOC(C(N)CCc2ccnn2C)C1. The Morgan fingerprint density at radius 2 is 2.44 bits per heavy atom. The predicted molar refractivity (Wildman–Crippen MR) is 71.4 cm³/mol. The second kappa shape index (κ2) is 6.31. The topological polar surface area (TPSA) is 56.3 Å². The molecule has 1 aliphatic heterocycles. The van der Waals surface area contributed by atoms with Gasteiger partial charge >= 0.3 is 0 Å². The van der Waals surface area contributed by atoms with Crippen molar-refractivity contribution in [3.05, 3.63) is 18.0 Å². The van der Waals surface area contributed by atoms with Gasteiger partial charge in [0.1, 0.15) is 0 Å². The highest BCUT2D eigenvalue weighted by Crippen LogP contribution is 2.12. The van der Waals surface area contributed by atoms with Crippen LogP contribution >= 0.6 is 0 Å². The molecule has 5 heteroatoms. The van der Waals surface area contributed by atoms with Gasteiger partial charge in [-0.05, 0) is 25.5 Å². The summed E-state index contributed by atoms with van der Waals surface area (Å²) in [4.78, 5) is 2.40. The van der Waals surface area contributed by atoms with Crippen molar-refractivity contribution in [1.29, 1.82) is 0 Å². The third kappa shape index (κ3) is 3.31. The quantitative estimate of drug-likeness (QED) is 0.824. The number of ether oxygens (including phenoxy) is 1. The van der Waals surface area contributed by atoms with Crippen LogP contribution in [0, 0.1) is 0 Å². The first-order valence-corrected chi connectivity index (χ1v) is 6.77. The molecule has 1 saturated heterocycles. The van der Waals surface area contributed by atoms with Crippen LogP contribution in [0.25, 0.3) is 0 Å². The number of hydrogen-bond acceptors (Lipinski definition) is 4. The summed E-state index contributed by atoms with van der Waals surface area (Å²) in [7, 11) is 1.97. The zero-order valence-corrected chi connectivity index (χ0v) is 11.4. The van der Waals surface area contributed by atoms with E-state index in [1.165, 1.54) is 5.69 Å². The summed E-state index contributed by atoms with van der Waals surface area (Å²) in [6.07, 6.45) is 3.91. The molecule has 18 heavy (non-hydrogen) atoms. The predicted octanol–water partition coefficient (Wildman–Crippen LogP) is 0.401. The van der Waals surface area contributed by atoms with Crippen LogP contribution in [0.5, 0.6) is 0 Å². The minimum absolute atomic E-state index is 0.106. The monoisotopic (exact) mass is 252 g/mol. The fraction of sp³-hybridized carbons (Fsp3) is 0.769. The van der Waals surface area contributed by atoms with Gasteiger partial charge in [0.2, 0.25) is 0 Å². The van der Waals surface area contributed by atoms with Crippen molar-refractivity contribution in [3.63, 3.8) is 0 Å². The number of likely N-dealkylation sites (N-methyl/N-ethyl adjacent to an activating group) is 1. The van der Waals surface area contributed by atoms with Gasteiger partial charge in [0.05, 0.1) is 12.7 Å². The van der Waals surface area contributed by atoms with Gasteiger partial charge in [-0.2, -0.15) is 5.10 Å². The van der Waals surface area contributed by atoms with E-state index in [4.69, 9.17) is 10.5 Å². The molecule has 1 aliphatic rings. The first-order valence-electron chi connectivity index (χ1n) is 6.77. The molecule has 0 bridgehead atoms. The Labute approximate surface area is 109 Å². The lowest BCUT2D eigenvalue weighted by molar-refractivity contribution is -0.0397. The molecule has 1 aromatic heterocycles. The molecule has 1 aromatic rings. The highest BCUT2D eigenvalue weighted by atomic mass is 16.5. The molecule has 2 rings (SSSR count). The van der Waals surface area contributed by atoms with Crippen molar-refractivity contribution in [3.8, 4) is 0 Å². The first-order chi connectivity index (χ1) is 8.70. The third-order valence-electron chi connectivity index (χ3n) is 3.76. The summed E-state index contributed by atoms with van der Waals surface area (Å²) in [5.74, 6) is 0. The number of morpholine rings is 1. The summed E-state index contributed by atoms with van der Waals surface area (Å²) in [5, 5.41) is 4.17. The lowest BCUT2D eigenvalue weighted by atomic mass is 10.0.